The fraction of sp³-hybridized carbons (Fsp3) is 0.562. The molecule has 0 unspecified atom stereocenters. The van der Waals surface area contributed by atoms with Crippen molar-refractivity contribution in [2.75, 3.05) is 30.8 Å². The molecule has 2 N–H and O–H groups in total. The van der Waals surface area contributed by atoms with Crippen molar-refractivity contribution >= 4 is 17.3 Å². The van der Waals surface area contributed by atoms with Gasteiger partial charge in [0.05, 0.1) is 5.41 Å². The van der Waals surface area contributed by atoms with Gasteiger partial charge in [-0.3, -0.25) is 4.79 Å². The average molecular weight is 273 g/mol. The van der Waals surface area contributed by atoms with Crippen LogP contribution in [0.2, 0.25) is 0 Å². The lowest BCUT2D eigenvalue weighted by atomic mass is 9.86. The number of carbonyl (C=O) groups is 1. The van der Waals surface area contributed by atoms with Crippen molar-refractivity contribution < 1.29 is 4.79 Å². The maximum atomic E-state index is 12.8. The molecule has 0 spiro atoms. The van der Waals surface area contributed by atoms with Crippen LogP contribution in [0.3, 0.4) is 0 Å². The van der Waals surface area contributed by atoms with E-state index in [0.29, 0.717) is 6.04 Å². The van der Waals surface area contributed by atoms with E-state index in [1.165, 1.54) is 0 Å². The first kappa shape index (κ1) is 13.4. The first-order chi connectivity index (χ1) is 9.41. The summed E-state index contributed by atoms with van der Waals surface area (Å²) in [7, 11) is 2.14. The summed E-state index contributed by atoms with van der Waals surface area (Å²) in [4.78, 5) is 17.2. The van der Waals surface area contributed by atoms with Crippen LogP contribution in [0.25, 0.3) is 0 Å². The Hall–Kier alpha value is -1.55. The third kappa shape index (κ3) is 1.90. The highest BCUT2D eigenvalue weighted by molar-refractivity contribution is 6.08. The zero-order valence-corrected chi connectivity index (χ0v) is 12.5. The monoisotopic (exact) mass is 273 g/mol. The van der Waals surface area contributed by atoms with Crippen molar-refractivity contribution in [2.24, 2.45) is 0 Å². The van der Waals surface area contributed by atoms with Crippen LogP contribution in [-0.4, -0.2) is 37.0 Å². The molecule has 3 rings (SSSR count). The van der Waals surface area contributed by atoms with Crippen molar-refractivity contribution in [1.82, 2.24) is 4.90 Å². The van der Waals surface area contributed by atoms with E-state index in [9.17, 15) is 4.79 Å². The van der Waals surface area contributed by atoms with Gasteiger partial charge in [0.1, 0.15) is 0 Å². The van der Waals surface area contributed by atoms with Gasteiger partial charge in [-0.1, -0.05) is 0 Å². The molecular weight excluding hydrogens is 250 g/mol. The summed E-state index contributed by atoms with van der Waals surface area (Å²) in [6, 6.07) is 6.19. The summed E-state index contributed by atoms with van der Waals surface area (Å²) in [5, 5.41) is 0. The number of nitrogen functional groups attached to an aromatic ring is 1. The molecule has 1 fully saturated rings. The van der Waals surface area contributed by atoms with Gasteiger partial charge in [-0.2, -0.15) is 0 Å². The van der Waals surface area contributed by atoms with Gasteiger partial charge in [0.15, 0.2) is 0 Å². The smallest absolute Gasteiger partial charge is 0.237 e. The van der Waals surface area contributed by atoms with Crippen molar-refractivity contribution in [2.45, 2.75) is 38.1 Å². The molecule has 2 heterocycles. The largest absolute Gasteiger partial charge is 0.399 e. The van der Waals surface area contributed by atoms with Gasteiger partial charge in [0.25, 0.3) is 0 Å². The highest BCUT2D eigenvalue weighted by Crippen LogP contribution is 2.44. The standard InChI is InChI=1S/C16H23N3O/c1-16(2)13-10-11(17)4-5-14(13)19(15(16)20)12-6-8-18(3)9-7-12/h4-5,10,12H,6-9,17H2,1-3H3. The van der Waals surface area contributed by atoms with Gasteiger partial charge in [0.2, 0.25) is 5.91 Å². The summed E-state index contributed by atoms with van der Waals surface area (Å²) in [5.74, 6) is 0.215. The van der Waals surface area contributed by atoms with E-state index in [2.05, 4.69) is 11.9 Å². The molecule has 0 aliphatic carbocycles. The molecular formula is C16H23N3O. The van der Waals surface area contributed by atoms with Crippen LogP contribution >= 0.6 is 0 Å². The Morgan fingerprint density at radius 3 is 2.55 bits per heavy atom. The van der Waals surface area contributed by atoms with Crippen LogP contribution in [-0.2, 0) is 10.2 Å². The number of piperidine rings is 1. The van der Waals surface area contributed by atoms with Crippen LogP contribution in [0.15, 0.2) is 18.2 Å². The first-order valence-electron chi connectivity index (χ1n) is 7.33. The molecule has 4 heteroatoms. The Morgan fingerprint density at radius 1 is 1.25 bits per heavy atom. The predicted molar refractivity (Wildman–Crippen MR) is 81.9 cm³/mol. The lowest BCUT2D eigenvalue weighted by Crippen LogP contribution is -2.47. The van der Waals surface area contributed by atoms with E-state index in [1.807, 2.05) is 36.9 Å². The lowest BCUT2D eigenvalue weighted by molar-refractivity contribution is -0.122. The fourth-order valence-corrected chi connectivity index (χ4v) is 3.41. The number of anilines is 2. The minimum absolute atomic E-state index is 0.215. The summed E-state index contributed by atoms with van der Waals surface area (Å²) in [5.41, 5.74) is 8.30. The van der Waals surface area contributed by atoms with Crippen LogP contribution in [0.4, 0.5) is 11.4 Å². The van der Waals surface area contributed by atoms with Crippen molar-refractivity contribution in [3.05, 3.63) is 23.8 Å². The Balaban J connectivity index is 1.99. The second-order valence-electron chi connectivity index (χ2n) is 6.61. The first-order valence-corrected chi connectivity index (χ1v) is 7.33. The fourth-order valence-electron chi connectivity index (χ4n) is 3.41. The Morgan fingerprint density at radius 2 is 1.90 bits per heavy atom. The molecule has 0 atom stereocenters. The Kier molecular flexibility index (Phi) is 3.01. The number of rotatable bonds is 1. The number of carbonyl (C=O) groups excluding carboxylic acids is 1. The molecule has 0 aromatic heterocycles. The summed E-state index contributed by atoms with van der Waals surface area (Å²) >= 11 is 0. The molecule has 108 valence electrons. The highest BCUT2D eigenvalue weighted by Gasteiger charge is 2.46. The molecule has 1 amide bonds. The van der Waals surface area contributed by atoms with E-state index < -0.39 is 5.41 Å². The van der Waals surface area contributed by atoms with Crippen molar-refractivity contribution in [3.8, 4) is 0 Å². The Bertz CT molecular complexity index is 545. The third-order valence-electron chi connectivity index (χ3n) is 4.76. The number of likely N-dealkylation sites (tertiary alicyclic amines) is 1. The molecule has 2 aliphatic heterocycles. The normalized spacial score (nSPS) is 23.1. The zero-order chi connectivity index (χ0) is 14.5. The molecule has 20 heavy (non-hydrogen) atoms. The topological polar surface area (TPSA) is 49.6 Å². The Labute approximate surface area is 120 Å². The van der Waals surface area contributed by atoms with Crippen molar-refractivity contribution in [1.29, 1.82) is 0 Å². The van der Waals surface area contributed by atoms with Gasteiger partial charge in [-0.25, -0.2) is 0 Å². The molecule has 4 nitrogen and oxygen atoms in total. The molecule has 0 saturated carbocycles. The summed E-state index contributed by atoms with van der Waals surface area (Å²) in [6.45, 7) is 6.11. The van der Waals surface area contributed by atoms with Crippen LogP contribution in [0.1, 0.15) is 32.3 Å². The van der Waals surface area contributed by atoms with E-state index >= 15 is 0 Å². The van der Waals surface area contributed by atoms with Gasteiger partial charge < -0.3 is 15.5 Å². The number of amides is 1. The molecule has 1 aromatic rings. The number of hydrogen-bond acceptors (Lipinski definition) is 3. The third-order valence-corrected chi connectivity index (χ3v) is 4.76. The van der Waals surface area contributed by atoms with E-state index in [-0.39, 0.29) is 5.91 Å². The number of hydrogen-bond donors (Lipinski definition) is 1. The second-order valence-corrected chi connectivity index (χ2v) is 6.61. The number of nitrogens with two attached hydrogens (primary N) is 1. The molecule has 1 aromatic carbocycles. The molecule has 0 bridgehead atoms. The second kappa shape index (κ2) is 4.48. The summed E-state index contributed by atoms with van der Waals surface area (Å²) < 4.78 is 0. The van der Waals surface area contributed by atoms with E-state index in [0.717, 1.165) is 42.9 Å². The quantitative estimate of drug-likeness (QED) is 0.796. The van der Waals surface area contributed by atoms with Gasteiger partial charge in [0, 0.05) is 17.4 Å². The van der Waals surface area contributed by atoms with E-state index in [1.54, 1.807) is 0 Å². The maximum Gasteiger partial charge on any atom is 0.237 e. The van der Waals surface area contributed by atoms with Gasteiger partial charge >= 0.3 is 0 Å². The number of fused-ring (bicyclic) bond motifs is 1. The minimum atomic E-state index is -0.464. The van der Waals surface area contributed by atoms with Gasteiger partial charge in [-0.15, -0.1) is 0 Å². The SMILES string of the molecule is CN1CCC(N2C(=O)C(C)(C)c3cc(N)ccc32)CC1. The minimum Gasteiger partial charge on any atom is -0.399 e. The average Bonchev–Trinajstić information content (AvgIpc) is 2.60. The molecule has 1 saturated heterocycles. The highest BCUT2D eigenvalue weighted by atomic mass is 16.2. The molecule has 2 aliphatic rings. The van der Waals surface area contributed by atoms with Crippen LogP contribution < -0.4 is 10.6 Å². The maximum absolute atomic E-state index is 12.8. The van der Waals surface area contributed by atoms with Crippen LogP contribution in [0.5, 0.6) is 0 Å². The lowest BCUT2D eigenvalue weighted by Gasteiger charge is -2.36. The number of nitrogens with zero attached hydrogens (tertiary/aromatic N) is 2. The number of benzene rings is 1. The zero-order valence-electron chi connectivity index (χ0n) is 12.5. The van der Waals surface area contributed by atoms with Gasteiger partial charge in [-0.05, 0) is 70.6 Å². The van der Waals surface area contributed by atoms with Crippen LogP contribution in [0, 0.1) is 0 Å². The van der Waals surface area contributed by atoms with Crippen molar-refractivity contribution in [3.63, 3.8) is 0 Å². The molecule has 0 radical (unpaired) electrons. The summed E-state index contributed by atoms with van der Waals surface area (Å²) in [6.07, 6.45) is 2.09. The predicted octanol–water partition coefficient (Wildman–Crippen LogP) is 1.99. The van der Waals surface area contributed by atoms with E-state index in [4.69, 9.17) is 5.73 Å².